The largest absolute Gasteiger partial charge is 0.360 e. The maximum absolute atomic E-state index is 12.3. The standard InChI is InChI=1S/C15H14N4O4/c1-9-8-12(18-23-9)17-13(20)6-7-19-14(21)10-4-2-3-5-11(10)16-15(19)22/h2-5,8,10H,6-7H2,1H3,(H,17,18,20). The number of fused-ring (bicyclic) bond motifs is 1. The van der Waals surface area contributed by atoms with Crippen LogP contribution in [-0.4, -0.2) is 40.2 Å². The predicted molar refractivity (Wildman–Crippen MR) is 80.8 cm³/mol. The quantitative estimate of drug-likeness (QED) is 0.905. The lowest BCUT2D eigenvalue weighted by Gasteiger charge is -2.27. The highest BCUT2D eigenvalue weighted by molar-refractivity contribution is 6.21. The normalized spacial score (nSPS) is 19.6. The first-order valence-electron chi connectivity index (χ1n) is 7.06. The van der Waals surface area contributed by atoms with Gasteiger partial charge in [0.2, 0.25) is 11.8 Å². The number of imide groups is 1. The third kappa shape index (κ3) is 3.10. The van der Waals surface area contributed by atoms with Crippen molar-refractivity contribution in [2.45, 2.75) is 13.3 Å². The highest BCUT2D eigenvalue weighted by Gasteiger charge is 2.35. The molecule has 2 aliphatic rings. The summed E-state index contributed by atoms with van der Waals surface area (Å²) in [6.45, 7) is 1.67. The van der Waals surface area contributed by atoms with Crippen molar-refractivity contribution >= 4 is 29.4 Å². The van der Waals surface area contributed by atoms with Crippen LogP contribution in [0.2, 0.25) is 0 Å². The van der Waals surface area contributed by atoms with Crippen LogP contribution in [0.5, 0.6) is 0 Å². The fraction of sp³-hybridized carbons (Fsp3) is 0.267. The number of anilines is 1. The number of carbonyl (C=O) groups is 3. The molecule has 0 bridgehead atoms. The van der Waals surface area contributed by atoms with Gasteiger partial charge in [0, 0.05) is 19.0 Å². The van der Waals surface area contributed by atoms with E-state index in [-0.39, 0.29) is 24.8 Å². The van der Waals surface area contributed by atoms with E-state index in [0.717, 1.165) is 4.90 Å². The van der Waals surface area contributed by atoms with E-state index in [4.69, 9.17) is 4.52 Å². The minimum absolute atomic E-state index is 0.0365. The number of carbonyl (C=O) groups excluding carboxylic acids is 3. The molecule has 1 atom stereocenters. The van der Waals surface area contributed by atoms with Gasteiger partial charge in [0.25, 0.3) is 0 Å². The van der Waals surface area contributed by atoms with Crippen molar-refractivity contribution in [2.75, 3.05) is 11.9 Å². The number of amides is 4. The summed E-state index contributed by atoms with van der Waals surface area (Å²) in [5.41, 5.74) is 0.432. The first-order chi connectivity index (χ1) is 11.0. The number of aromatic nitrogens is 1. The number of aliphatic imine (C=N–C) groups is 1. The van der Waals surface area contributed by atoms with Gasteiger partial charge in [0.1, 0.15) is 5.76 Å². The highest BCUT2D eigenvalue weighted by atomic mass is 16.5. The second-order valence-corrected chi connectivity index (χ2v) is 5.15. The van der Waals surface area contributed by atoms with Gasteiger partial charge in [0.15, 0.2) is 5.82 Å². The molecule has 0 spiro atoms. The van der Waals surface area contributed by atoms with Crippen molar-refractivity contribution in [2.24, 2.45) is 10.9 Å². The summed E-state index contributed by atoms with van der Waals surface area (Å²) >= 11 is 0. The van der Waals surface area contributed by atoms with E-state index >= 15 is 0 Å². The van der Waals surface area contributed by atoms with E-state index in [1.165, 1.54) is 0 Å². The SMILES string of the molecule is Cc1cc(NC(=O)CCN2C(=O)N=C3C=CC=CC3C2=O)no1. The van der Waals surface area contributed by atoms with Crippen LogP contribution in [0.3, 0.4) is 0 Å². The van der Waals surface area contributed by atoms with Gasteiger partial charge < -0.3 is 9.84 Å². The average Bonchev–Trinajstić information content (AvgIpc) is 2.92. The lowest BCUT2D eigenvalue weighted by atomic mass is 9.95. The Morgan fingerprint density at radius 2 is 2.22 bits per heavy atom. The van der Waals surface area contributed by atoms with Crippen molar-refractivity contribution in [3.63, 3.8) is 0 Å². The number of urea groups is 1. The van der Waals surface area contributed by atoms with Crippen LogP contribution in [0.4, 0.5) is 10.6 Å². The lowest BCUT2D eigenvalue weighted by Crippen LogP contribution is -2.46. The summed E-state index contributed by atoms with van der Waals surface area (Å²) in [5.74, 6) is -0.428. The van der Waals surface area contributed by atoms with Crippen LogP contribution in [0.25, 0.3) is 0 Å². The molecule has 1 unspecified atom stereocenters. The first-order valence-corrected chi connectivity index (χ1v) is 7.06. The molecule has 0 saturated carbocycles. The van der Waals surface area contributed by atoms with E-state index in [2.05, 4.69) is 15.5 Å². The molecule has 0 aromatic carbocycles. The van der Waals surface area contributed by atoms with Crippen molar-refractivity contribution < 1.29 is 18.9 Å². The first kappa shape index (κ1) is 14.9. The van der Waals surface area contributed by atoms with Gasteiger partial charge in [-0.25, -0.2) is 4.79 Å². The fourth-order valence-corrected chi connectivity index (χ4v) is 2.33. The molecule has 1 aromatic heterocycles. The van der Waals surface area contributed by atoms with Crippen molar-refractivity contribution in [1.82, 2.24) is 10.1 Å². The summed E-state index contributed by atoms with van der Waals surface area (Å²) < 4.78 is 4.84. The number of hydrogen-bond acceptors (Lipinski definition) is 5. The van der Waals surface area contributed by atoms with Crippen molar-refractivity contribution in [3.8, 4) is 0 Å². The maximum Gasteiger partial charge on any atom is 0.350 e. The smallest absolute Gasteiger partial charge is 0.350 e. The summed E-state index contributed by atoms with van der Waals surface area (Å²) in [6, 6.07) is 0.927. The second-order valence-electron chi connectivity index (χ2n) is 5.15. The third-order valence-electron chi connectivity index (χ3n) is 3.45. The average molecular weight is 314 g/mol. The summed E-state index contributed by atoms with van der Waals surface area (Å²) in [4.78, 5) is 41.0. The molecule has 23 heavy (non-hydrogen) atoms. The minimum atomic E-state index is -0.647. The number of rotatable bonds is 4. The fourth-order valence-electron chi connectivity index (χ4n) is 2.33. The zero-order chi connectivity index (χ0) is 16.4. The molecular weight excluding hydrogens is 300 g/mol. The molecule has 1 aromatic rings. The Hall–Kier alpha value is -3.03. The molecule has 3 rings (SSSR count). The van der Waals surface area contributed by atoms with Crippen LogP contribution in [0.15, 0.2) is 39.9 Å². The van der Waals surface area contributed by atoms with Gasteiger partial charge in [-0.15, -0.1) is 0 Å². The third-order valence-corrected chi connectivity index (χ3v) is 3.45. The van der Waals surface area contributed by atoms with Crippen LogP contribution >= 0.6 is 0 Å². The van der Waals surface area contributed by atoms with E-state index in [1.54, 1.807) is 37.3 Å². The minimum Gasteiger partial charge on any atom is -0.360 e. The molecule has 0 radical (unpaired) electrons. The molecule has 1 N–H and O–H groups in total. The molecule has 0 saturated heterocycles. The summed E-state index contributed by atoms with van der Waals surface area (Å²) in [5, 5.41) is 6.18. The van der Waals surface area contributed by atoms with Crippen LogP contribution in [0.1, 0.15) is 12.2 Å². The Kier molecular flexibility index (Phi) is 3.88. The predicted octanol–water partition coefficient (Wildman–Crippen LogP) is 1.46. The second kappa shape index (κ2) is 5.99. The Labute approximate surface area is 131 Å². The maximum atomic E-state index is 12.3. The van der Waals surface area contributed by atoms with Gasteiger partial charge in [-0.2, -0.15) is 4.99 Å². The van der Waals surface area contributed by atoms with E-state index in [1.807, 2.05) is 0 Å². The molecule has 4 amide bonds. The zero-order valence-electron chi connectivity index (χ0n) is 12.4. The summed E-state index contributed by atoms with van der Waals surface area (Å²) in [7, 11) is 0. The zero-order valence-corrected chi connectivity index (χ0v) is 12.4. The molecule has 8 heteroatoms. The molecule has 0 fully saturated rings. The number of hydrogen-bond donors (Lipinski definition) is 1. The molecule has 8 nitrogen and oxygen atoms in total. The Morgan fingerprint density at radius 3 is 2.96 bits per heavy atom. The summed E-state index contributed by atoms with van der Waals surface area (Å²) in [6.07, 6.45) is 6.73. The molecule has 1 aliphatic carbocycles. The van der Waals surface area contributed by atoms with Gasteiger partial charge >= 0.3 is 6.03 Å². The highest BCUT2D eigenvalue weighted by Crippen LogP contribution is 2.19. The van der Waals surface area contributed by atoms with E-state index < -0.39 is 11.9 Å². The lowest BCUT2D eigenvalue weighted by molar-refractivity contribution is -0.129. The number of allylic oxidation sites excluding steroid dienone is 3. The van der Waals surface area contributed by atoms with E-state index in [9.17, 15) is 14.4 Å². The molecule has 1 aliphatic heterocycles. The van der Waals surface area contributed by atoms with Gasteiger partial charge in [-0.1, -0.05) is 23.4 Å². The van der Waals surface area contributed by atoms with Gasteiger partial charge in [-0.05, 0) is 13.0 Å². The van der Waals surface area contributed by atoms with Crippen LogP contribution in [-0.2, 0) is 9.59 Å². The van der Waals surface area contributed by atoms with Gasteiger partial charge in [0.05, 0.1) is 11.6 Å². The Bertz CT molecular complexity index is 759. The van der Waals surface area contributed by atoms with E-state index in [0.29, 0.717) is 17.3 Å². The molecular formula is C15H14N4O4. The number of nitrogens with one attached hydrogen (secondary N) is 1. The Morgan fingerprint density at radius 1 is 1.39 bits per heavy atom. The van der Waals surface area contributed by atoms with Crippen LogP contribution < -0.4 is 5.32 Å². The Balaban J connectivity index is 1.61. The van der Waals surface area contributed by atoms with Crippen LogP contribution in [0, 0.1) is 12.8 Å². The molecule has 118 valence electrons. The van der Waals surface area contributed by atoms with Crippen molar-refractivity contribution in [1.29, 1.82) is 0 Å². The number of nitrogens with zero attached hydrogens (tertiary/aromatic N) is 3. The number of aryl methyl sites for hydroxylation is 1. The monoisotopic (exact) mass is 314 g/mol. The van der Waals surface area contributed by atoms with Crippen molar-refractivity contribution in [3.05, 3.63) is 36.1 Å². The van der Waals surface area contributed by atoms with Gasteiger partial charge in [-0.3, -0.25) is 14.5 Å². The molecule has 2 heterocycles. The topological polar surface area (TPSA) is 105 Å².